The van der Waals surface area contributed by atoms with Crippen molar-refractivity contribution in [1.82, 2.24) is 26.1 Å². The topological polar surface area (TPSA) is 145 Å². The molecule has 2 amide bonds. The summed E-state index contributed by atoms with van der Waals surface area (Å²) < 4.78 is 20.4. The number of nitrogens with one attached hydrogen (secondary N) is 3. The summed E-state index contributed by atoms with van der Waals surface area (Å²) in [6.45, 7) is 10.3. The summed E-state index contributed by atoms with van der Waals surface area (Å²) in [5.41, 5.74) is 10.8. The molecular weight excluding hydrogens is 481 g/mol. The Morgan fingerprint density at radius 1 is 1.31 bits per heavy atom. The maximum Gasteiger partial charge on any atom is 0.243 e. The Hall–Kier alpha value is -2.83. The Labute approximate surface area is 209 Å². The van der Waals surface area contributed by atoms with Crippen LogP contribution in [0.3, 0.4) is 0 Å². The number of hydrogen-bond donors (Lipinski definition) is 5. The quantitative estimate of drug-likeness (QED) is 0.0442. The molecule has 0 radical (unpaired) electrons. The van der Waals surface area contributed by atoms with E-state index in [2.05, 4.69) is 34.3 Å². The average Bonchev–Trinajstić information content (AvgIpc) is 3.37. The first kappa shape index (κ1) is 28.4. The van der Waals surface area contributed by atoms with Gasteiger partial charge in [0.15, 0.2) is 16.9 Å². The molecule has 0 aromatic heterocycles. The first-order chi connectivity index (χ1) is 16.7. The lowest BCUT2D eigenvalue weighted by Crippen LogP contribution is -2.44. The highest BCUT2D eigenvalue weighted by Gasteiger charge is 2.27. The molecule has 1 heterocycles. The molecule has 196 valence electrons. The van der Waals surface area contributed by atoms with Gasteiger partial charge in [-0.2, -0.15) is 4.99 Å². The largest absolute Gasteiger partial charge is 0.378 e. The van der Waals surface area contributed by atoms with Gasteiger partial charge in [0.25, 0.3) is 0 Å². The van der Waals surface area contributed by atoms with E-state index in [-0.39, 0.29) is 25.2 Å². The number of nitrogens with zero attached hydrogens (tertiary/aromatic N) is 3. The van der Waals surface area contributed by atoms with Crippen LogP contribution in [0.4, 0.5) is 4.39 Å². The van der Waals surface area contributed by atoms with E-state index in [0.717, 1.165) is 31.4 Å². The monoisotopic (exact) mass is 515 g/mol. The molecule has 1 saturated carbocycles. The summed E-state index contributed by atoms with van der Waals surface area (Å²) in [5, 5.41) is 12.4. The molecule has 0 aromatic carbocycles. The number of aliphatic imine (C=N–C) groups is 1. The van der Waals surface area contributed by atoms with Crippen LogP contribution in [0.5, 0.6) is 0 Å². The third-order valence-electron chi connectivity index (χ3n) is 5.95. The van der Waals surface area contributed by atoms with Crippen LogP contribution in [-0.4, -0.2) is 72.2 Å². The van der Waals surface area contributed by atoms with Gasteiger partial charge in [0, 0.05) is 18.8 Å². The number of hydrogen-bond acceptors (Lipinski definition) is 8. The van der Waals surface area contributed by atoms with Crippen molar-refractivity contribution in [3.63, 3.8) is 0 Å². The molecule has 0 unspecified atom stereocenters. The zero-order valence-electron chi connectivity index (χ0n) is 19.8. The standard InChI is InChI=1S/C22H35ClFN7O4/c1-15(30-7-9-35-10-8-30)12-26-16(2)19(24)20(27-22(23)25)28-29-21(33)18(13-31(34)14-32)11-17-5-3-4-6-17/h14,17-18,26,28,34H,1-13H2,(H2,25,27)(H,29,33)/b20-19-/t18-/m1/s1. The van der Waals surface area contributed by atoms with Crippen molar-refractivity contribution in [2.75, 3.05) is 39.4 Å². The van der Waals surface area contributed by atoms with Gasteiger partial charge >= 0.3 is 0 Å². The fourth-order valence-corrected chi connectivity index (χ4v) is 4.15. The van der Waals surface area contributed by atoms with E-state index >= 15 is 4.39 Å². The van der Waals surface area contributed by atoms with Crippen LogP contribution in [0.15, 0.2) is 41.2 Å². The van der Waals surface area contributed by atoms with Crippen LogP contribution in [0.25, 0.3) is 0 Å². The third kappa shape index (κ3) is 9.74. The van der Waals surface area contributed by atoms with Crippen molar-refractivity contribution in [2.45, 2.75) is 32.1 Å². The SMILES string of the molecule is C=C(NCC(=C)N1CCOCC1)/C(F)=C(\N=C(/N)Cl)NNC(=O)[C@H](CC1CCCC1)CN(O)C=O. The lowest BCUT2D eigenvalue weighted by Gasteiger charge is -2.30. The molecule has 2 aliphatic rings. The fraction of sp³-hybridized carbons (Fsp3) is 0.591. The number of carbonyl (C=O) groups excluding carboxylic acids is 2. The van der Waals surface area contributed by atoms with E-state index in [1.165, 1.54) is 0 Å². The Morgan fingerprint density at radius 2 is 1.97 bits per heavy atom. The minimum absolute atomic E-state index is 0.122. The normalized spacial score (nSPS) is 18.4. The van der Waals surface area contributed by atoms with E-state index in [9.17, 15) is 14.8 Å². The summed E-state index contributed by atoms with van der Waals surface area (Å²) >= 11 is 5.64. The number of halogens is 2. The highest BCUT2D eigenvalue weighted by atomic mass is 35.5. The van der Waals surface area contributed by atoms with Crippen molar-refractivity contribution in [3.8, 4) is 0 Å². The van der Waals surface area contributed by atoms with Crippen molar-refractivity contribution in [3.05, 3.63) is 36.2 Å². The molecule has 0 aromatic rings. The lowest BCUT2D eigenvalue weighted by atomic mass is 9.92. The number of amidine groups is 1. The molecular formula is C22H35ClFN7O4. The van der Waals surface area contributed by atoms with E-state index in [4.69, 9.17) is 22.1 Å². The zero-order chi connectivity index (χ0) is 25.8. The first-order valence-corrected chi connectivity index (χ1v) is 11.9. The smallest absolute Gasteiger partial charge is 0.243 e. The summed E-state index contributed by atoms with van der Waals surface area (Å²) in [6.07, 6.45) is 4.78. The van der Waals surface area contributed by atoms with Gasteiger partial charge in [-0.15, -0.1) is 0 Å². The predicted molar refractivity (Wildman–Crippen MR) is 130 cm³/mol. The van der Waals surface area contributed by atoms with Crippen LogP contribution < -0.4 is 21.9 Å². The fourth-order valence-electron chi connectivity index (χ4n) is 4.06. The summed E-state index contributed by atoms with van der Waals surface area (Å²) in [4.78, 5) is 29.4. The minimum atomic E-state index is -0.923. The minimum Gasteiger partial charge on any atom is -0.378 e. The van der Waals surface area contributed by atoms with Crippen LogP contribution in [0, 0.1) is 11.8 Å². The van der Waals surface area contributed by atoms with Gasteiger partial charge in [0.2, 0.25) is 12.3 Å². The molecule has 1 aliphatic heterocycles. The van der Waals surface area contributed by atoms with Gasteiger partial charge in [-0.05, 0) is 23.9 Å². The second-order valence-corrected chi connectivity index (χ2v) is 8.91. The maximum atomic E-state index is 15.1. The highest BCUT2D eigenvalue weighted by Crippen LogP contribution is 2.30. The van der Waals surface area contributed by atoms with E-state index in [0.29, 0.717) is 43.7 Å². The van der Waals surface area contributed by atoms with E-state index in [1.807, 2.05) is 4.90 Å². The molecule has 2 rings (SSSR count). The maximum absolute atomic E-state index is 15.1. The molecule has 13 heteroatoms. The number of amides is 2. The van der Waals surface area contributed by atoms with Gasteiger partial charge in [0.05, 0.1) is 37.9 Å². The van der Waals surface area contributed by atoms with Crippen LogP contribution in [0.1, 0.15) is 32.1 Å². The Morgan fingerprint density at radius 3 is 2.57 bits per heavy atom. The second kappa shape index (κ2) is 14.5. The van der Waals surface area contributed by atoms with Crippen LogP contribution in [0.2, 0.25) is 0 Å². The Balaban J connectivity index is 2.02. The molecule has 11 nitrogen and oxygen atoms in total. The summed E-state index contributed by atoms with van der Waals surface area (Å²) in [5.74, 6) is -2.35. The van der Waals surface area contributed by atoms with Gasteiger partial charge in [-0.25, -0.2) is 9.45 Å². The predicted octanol–water partition coefficient (Wildman–Crippen LogP) is 1.29. The summed E-state index contributed by atoms with van der Waals surface area (Å²) in [7, 11) is 0. The molecule has 35 heavy (non-hydrogen) atoms. The molecule has 1 atom stereocenters. The Bertz CT molecular complexity index is 823. The number of hydrazine groups is 1. The average molecular weight is 516 g/mol. The third-order valence-corrected chi connectivity index (χ3v) is 6.04. The van der Waals surface area contributed by atoms with E-state index in [1.54, 1.807) is 0 Å². The molecule has 0 bridgehead atoms. The van der Waals surface area contributed by atoms with Crippen molar-refractivity contribution < 1.29 is 23.9 Å². The highest BCUT2D eigenvalue weighted by molar-refractivity contribution is 6.64. The van der Waals surface area contributed by atoms with Crippen LogP contribution >= 0.6 is 11.6 Å². The summed E-state index contributed by atoms with van der Waals surface area (Å²) in [6, 6.07) is 0. The van der Waals surface area contributed by atoms with Gasteiger partial charge in [-0.3, -0.25) is 25.6 Å². The molecule has 6 N–H and O–H groups in total. The van der Waals surface area contributed by atoms with Crippen molar-refractivity contribution in [1.29, 1.82) is 0 Å². The lowest BCUT2D eigenvalue weighted by molar-refractivity contribution is -0.155. The molecule has 1 saturated heterocycles. The van der Waals surface area contributed by atoms with Gasteiger partial charge < -0.3 is 20.7 Å². The molecule has 2 fully saturated rings. The van der Waals surface area contributed by atoms with Gasteiger partial charge in [0.1, 0.15) is 0 Å². The second-order valence-electron chi connectivity index (χ2n) is 8.52. The number of morpholine rings is 1. The molecule has 1 aliphatic carbocycles. The number of ether oxygens (including phenoxy) is 1. The number of allylic oxidation sites excluding steroid dienone is 1. The van der Waals surface area contributed by atoms with Crippen LogP contribution in [-0.2, 0) is 14.3 Å². The molecule has 0 spiro atoms. The van der Waals surface area contributed by atoms with E-state index < -0.39 is 28.8 Å². The Kier molecular flexibility index (Phi) is 11.8. The zero-order valence-corrected chi connectivity index (χ0v) is 20.5. The van der Waals surface area contributed by atoms with Crippen molar-refractivity contribution >= 4 is 29.2 Å². The number of hydroxylamine groups is 2. The number of rotatable bonds is 14. The first-order valence-electron chi connectivity index (χ1n) is 11.5. The number of carbonyl (C=O) groups is 2. The van der Waals surface area contributed by atoms with Crippen molar-refractivity contribution in [2.24, 2.45) is 22.6 Å². The number of nitrogens with two attached hydrogens (primary N) is 1. The van der Waals surface area contributed by atoms with Gasteiger partial charge in [-0.1, -0.05) is 38.8 Å².